The van der Waals surface area contributed by atoms with E-state index in [0.29, 0.717) is 19.4 Å². The van der Waals surface area contributed by atoms with Crippen LogP contribution in [0.3, 0.4) is 0 Å². The summed E-state index contributed by atoms with van der Waals surface area (Å²) in [5, 5.41) is 11.7. The molecule has 1 aliphatic rings. The lowest BCUT2D eigenvalue weighted by atomic mass is 10.1. The topological polar surface area (TPSA) is 75.6 Å². The SMILES string of the molecule is CCCCCCCCCCCCC(=O)O[C@H]1CN[C@H](C(=O)O)C1. The van der Waals surface area contributed by atoms with Crippen LogP contribution in [0.1, 0.15) is 84.0 Å². The minimum atomic E-state index is -0.877. The predicted molar refractivity (Wildman–Crippen MR) is 90.4 cm³/mol. The van der Waals surface area contributed by atoms with Crippen molar-refractivity contribution in [2.75, 3.05) is 6.54 Å². The maximum absolute atomic E-state index is 11.7. The zero-order valence-corrected chi connectivity index (χ0v) is 14.5. The Morgan fingerprint density at radius 1 is 1.00 bits per heavy atom. The lowest BCUT2D eigenvalue weighted by molar-refractivity contribution is -0.149. The van der Waals surface area contributed by atoms with E-state index in [1.54, 1.807) is 0 Å². The average molecular weight is 327 g/mol. The number of unbranched alkanes of at least 4 members (excludes halogenated alkanes) is 9. The number of hydrogen-bond donors (Lipinski definition) is 2. The predicted octanol–water partition coefficient (Wildman–Crippen LogP) is 3.66. The summed E-state index contributed by atoms with van der Waals surface area (Å²) in [5.41, 5.74) is 0. The molecule has 0 amide bonds. The number of nitrogens with one attached hydrogen (secondary N) is 1. The van der Waals surface area contributed by atoms with Crippen LogP contribution >= 0.6 is 0 Å². The Morgan fingerprint density at radius 3 is 2.09 bits per heavy atom. The smallest absolute Gasteiger partial charge is 0.320 e. The van der Waals surface area contributed by atoms with E-state index in [-0.39, 0.29) is 12.1 Å². The number of hydrogen-bond acceptors (Lipinski definition) is 4. The van der Waals surface area contributed by atoms with Crippen LogP contribution in [0.5, 0.6) is 0 Å². The first-order valence-electron chi connectivity index (χ1n) is 9.29. The molecule has 0 bridgehead atoms. The van der Waals surface area contributed by atoms with E-state index in [9.17, 15) is 9.59 Å². The highest BCUT2D eigenvalue weighted by Gasteiger charge is 2.31. The van der Waals surface area contributed by atoms with Gasteiger partial charge < -0.3 is 15.2 Å². The van der Waals surface area contributed by atoms with Crippen molar-refractivity contribution in [1.82, 2.24) is 5.32 Å². The third kappa shape index (κ3) is 9.59. The minimum Gasteiger partial charge on any atom is -0.480 e. The molecule has 23 heavy (non-hydrogen) atoms. The van der Waals surface area contributed by atoms with Gasteiger partial charge in [-0.1, -0.05) is 64.7 Å². The number of ether oxygens (including phenoxy) is 1. The molecule has 0 saturated carbocycles. The van der Waals surface area contributed by atoms with Gasteiger partial charge in [0.05, 0.1) is 0 Å². The first-order valence-corrected chi connectivity index (χ1v) is 9.29. The molecule has 1 saturated heterocycles. The minimum absolute atomic E-state index is 0.192. The van der Waals surface area contributed by atoms with Gasteiger partial charge in [-0.05, 0) is 6.42 Å². The summed E-state index contributed by atoms with van der Waals surface area (Å²) in [6, 6.07) is -0.579. The van der Waals surface area contributed by atoms with Crippen molar-refractivity contribution in [2.24, 2.45) is 0 Å². The molecule has 0 aromatic heterocycles. The monoisotopic (exact) mass is 327 g/mol. The molecule has 0 aliphatic carbocycles. The first-order chi connectivity index (χ1) is 11.1. The van der Waals surface area contributed by atoms with Gasteiger partial charge in [0, 0.05) is 19.4 Å². The van der Waals surface area contributed by atoms with Crippen LogP contribution in [-0.2, 0) is 14.3 Å². The Balaban J connectivity index is 1.90. The van der Waals surface area contributed by atoms with Crippen LogP contribution in [0.15, 0.2) is 0 Å². The van der Waals surface area contributed by atoms with E-state index in [1.165, 1.54) is 51.4 Å². The van der Waals surface area contributed by atoms with Crippen LogP contribution in [0.2, 0.25) is 0 Å². The summed E-state index contributed by atoms with van der Waals surface area (Å²) >= 11 is 0. The summed E-state index contributed by atoms with van der Waals surface area (Å²) in [6.07, 6.45) is 12.9. The molecule has 0 aromatic rings. The van der Waals surface area contributed by atoms with E-state index in [4.69, 9.17) is 9.84 Å². The largest absolute Gasteiger partial charge is 0.480 e. The molecule has 2 N–H and O–H groups in total. The van der Waals surface area contributed by atoms with Gasteiger partial charge in [0.2, 0.25) is 0 Å². The molecule has 5 nitrogen and oxygen atoms in total. The van der Waals surface area contributed by atoms with Crippen LogP contribution in [-0.4, -0.2) is 35.7 Å². The zero-order chi connectivity index (χ0) is 16.9. The van der Waals surface area contributed by atoms with Crippen molar-refractivity contribution in [2.45, 2.75) is 96.1 Å². The zero-order valence-electron chi connectivity index (χ0n) is 14.5. The molecular weight excluding hydrogens is 294 g/mol. The van der Waals surface area contributed by atoms with Crippen molar-refractivity contribution < 1.29 is 19.4 Å². The number of carbonyl (C=O) groups excluding carboxylic acids is 1. The molecule has 0 spiro atoms. The number of carbonyl (C=O) groups is 2. The van der Waals surface area contributed by atoms with Gasteiger partial charge in [-0.25, -0.2) is 0 Å². The number of esters is 1. The van der Waals surface area contributed by atoms with Gasteiger partial charge in [-0.15, -0.1) is 0 Å². The molecule has 134 valence electrons. The number of carboxylic acids is 1. The Bertz CT molecular complexity index is 346. The van der Waals surface area contributed by atoms with Crippen LogP contribution < -0.4 is 5.32 Å². The lowest BCUT2D eigenvalue weighted by Gasteiger charge is -2.10. The maximum atomic E-state index is 11.7. The molecular formula is C18H33NO4. The molecule has 0 aromatic carbocycles. The Labute approximate surface area is 140 Å². The Morgan fingerprint density at radius 2 is 1.57 bits per heavy atom. The molecule has 2 atom stereocenters. The average Bonchev–Trinajstić information content (AvgIpc) is 2.98. The number of aliphatic carboxylic acids is 1. The highest BCUT2D eigenvalue weighted by molar-refractivity contribution is 5.74. The summed E-state index contributed by atoms with van der Waals surface area (Å²) in [4.78, 5) is 22.5. The van der Waals surface area contributed by atoms with Gasteiger partial charge >= 0.3 is 11.9 Å². The normalized spacial score (nSPS) is 20.6. The highest BCUT2D eigenvalue weighted by Crippen LogP contribution is 2.14. The van der Waals surface area contributed by atoms with E-state index < -0.39 is 12.0 Å². The van der Waals surface area contributed by atoms with E-state index in [2.05, 4.69) is 12.2 Å². The van der Waals surface area contributed by atoms with E-state index in [0.717, 1.165) is 12.8 Å². The maximum Gasteiger partial charge on any atom is 0.320 e. The highest BCUT2D eigenvalue weighted by atomic mass is 16.5. The van der Waals surface area contributed by atoms with Gasteiger partial charge in [-0.2, -0.15) is 0 Å². The fourth-order valence-electron chi connectivity index (χ4n) is 2.98. The first kappa shape index (κ1) is 19.9. The van der Waals surface area contributed by atoms with Gasteiger partial charge in [-0.3, -0.25) is 9.59 Å². The second-order valence-corrected chi connectivity index (χ2v) is 6.58. The fourth-order valence-corrected chi connectivity index (χ4v) is 2.98. The number of carboxylic acid groups (broad SMARTS) is 1. The Kier molecular flexibility index (Phi) is 10.7. The van der Waals surface area contributed by atoms with Crippen molar-refractivity contribution >= 4 is 11.9 Å². The molecule has 0 unspecified atom stereocenters. The summed E-state index contributed by atoms with van der Waals surface area (Å²) < 4.78 is 5.31. The van der Waals surface area contributed by atoms with E-state index in [1.807, 2.05) is 0 Å². The van der Waals surface area contributed by atoms with Gasteiger partial charge in [0.15, 0.2) is 0 Å². The van der Waals surface area contributed by atoms with Crippen LogP contribution in [0.4, 0.5) is 0 Å². The van der Waals surface area contributed by atoms with Crippen molar-refractivity contribution in [3.05, 3.63) is 0 Å². The van der Waals surface area contributed by atoms with Crippen molar-refractivity contribution in [3.8, 4) is 0 Å². The van der Waals surface area contributed by atoms with Crippen molar-refractivity contribution in [1.29, 1.82) is 0 Å². The van der Waals surface area contributed by atoms with Crippen molar-refractivity contribution in [3.63, 3.8) is 0 Å². The lowest BCUT2D eigenvalue weighted by Crippen LogP contribution is -2.30. The molecule has 1 heterocycles. The summed E-state index contributed by atoms with van der Waals surface area (Å²) in [7, 11) is 0. The molecule has 1 rings (SSSR count). The fraction of sp³-hybridized carbons (Fsp3) is 0.889. The second-order valence-electron chi connectivity index (χ2n) is 6.58. The molecule has 5 heteroatoms. The van der Waals surface area contributed by atoms with Gasteiger partial charge in [0.25, 0.3) is 0 Å². The Hall–Kier alpha value is -1.10. The van der Waals surface area contributed by atoms with Crippen LogP contribution in [0, 0.1) is 0 Å². The third-order valence-electron chi connectivity index (χ3n) is 4.42. The van der Waals surface area contributed by atoms with Crippen LogP contribution in [0.25, 0.3) is 0 Å². The van der Waals surface area contributed by atoms with E-state index >= 15 is 0 Å². The number of rotatable bonds is 13. The summed E-state index contributed by atoms with van der Waals surface area (Å²) in [5.74, 6) is -1.07. The summed E-state index contributed by atoms with van der Waals surface area (Å²) in [6.45, 7) is 2.68. The second kappa shape index (κ2) is 12.3. The molecule has 0 radical (unpaired) electrons. The quantitative estimate of drug-likeness (QED) is 0.399. The standard InChI is InChI=1S/C18H33NO4/c1-2-3-4-5-6-7-8-9-10-11-12-17(20)23-15-13-16(18(21)22)19-14-15/h15-16,19H,2-14H2,1H3,(H,21,22)/t15-,16+/m1/s1. The molecule has 1 aliphatic heterocycles. The molecule has 1 fully saturated rings. The third-order valence-corrected chi connectivity index (χ3v) is 4.42. The van der Waals surface area contributed by atoms with Gasteiger partial charge in [0.1, 0.15) is 12.1 Å².